The molecule has 1 amide bonds. The first-order valence-electron chi connectivity index (χ1n) is 8.90. The number of para-hydroxylation sites is 1. The van der Waals surface area contributed by atoms with Gasteiger partial charge in [-0.15, -0.1) is 11.3 Å². The first kappa shape index (κ1) is 21.9. The molecule has 10 heteroatoms. The molecule has 0 aliphatic rings. The van der Waals surface area contributed by atoms with Gasteiger partial charge in [-0.2, -0.15) is 5.26 Å². The van der Waals surface area contributed by atoms with Crippen molar-refractivity contribution in [3.63, 3.8) is 0 Å². The van der Waals surface area contributed by atoms with Gasteiger partial charge >= 0.3 is 5.97 Å². The molecule has 0 spiro atoms. The molecule has 0 saturated carbocycles. The van der Waals surface area contributed by atoms with Gasteiger partial charge in [0.15, 0.2) is 29.5 Å². The average molecular weight is 443 g/mol. The second-order valence-corrected chi connectivity index (χ2v) is 7.04. The number of ether oxygens (including phenoxy) is 2. The van der Waals surface area contributed by atoms with Crippen molar-refractivity contribution < 1.29 is 27.8 Å². The highest BCUT2D eigenvalue weighted by Gasteiger charge is 2.20. The van der Waals surface area contributed by atoms with Gasteiger partial charge in [0.2, 0.25) is 0 Å². The number of anilines is 1. The smallest absolute Gasteiger partial charge is 0.344 e. The maximum atomic E-state index is 13.4. The monoisotopic (exact) mass is 443 g/mol. The van der Waals surface area contributed by atoms with E-state index >= 15 is 0 Å². The normalized spacial score (nSPS) is 11.3. The molecule has 0 saturated heterocycles. The maximum Gasteiger partial charge on any atom is 0.344 e. The van der Waals surface area contributed by atoms with E-state index in [1.165, 1.54) is 19.1 Å². The molecule has 0 fully saturated rings. The fourth-order valence-corrected chi connectivity index (χ4v) is 3.16. The topological polar surface area (TPSA) is 101 Å². The van der Waals surface area contributed by atoms with Gasteiger partial charge in [-0.05, 0) is 37.3 Å². The van der Waals surface area contributed by atoms with E-state index < -0.39 is 36.2 Å². The zero-order valence-corrected chi connectivity index (χ0v) is 16.9. The van der Waals surface area contributed by atoms with Crippen LogP contribution in [0.3, 0.4) is 0 Å². The summed E-state index contributed by atoms with van der Waals surface area (Å²) in [6.45, 7) is 0.897. The first-order chi connectivity index (χ1) is 14.9. The Kier molecular flexibility index (Phi) is 6.89. The number of nitrogens with one attached hydrogen (secondary N) is 1. The van der Waals surface area contributed by atoms with E-state index in [9.17, 15) is 18.4 Å². The number of amides is 1. The number of carbonyl (C=O) groups excluding carboxylic acids is 2. The van der Waals surface area contributed by atoms with Crippen LogP contribution in [0.15, 0.2) is 47.8 Å². The summed E-state index contributed by atoms with van der Waals surface area (Å²) in [5.74, 6) is -3.17. The number of hydrogen-bond acceptors (Lipinski definition) is 7. The molecule has 0 radical (unpaired) electrons. The lowest BCUT2D eigenvalue weighted by Crippen LogP contribution is -2.31. The minimum atomic E-state index is -1.14. The molecule has 1 aromatic heterocycles. The summed E-state index contributed by atoms with van der Waals surface area (Å²) in [6, 6.07) is 11.7. The summed E-state index contributed by atoms with van der Waals surface area (Å²) in [5, 5.41) is 13.3. The molecular formula is C21H15F2N3O4S. The van der Waals surface area contributed by atoms with Crippen LogP contribution in [-0.2, 0) is 14.3 Å². The first-order valence-corrected chi connectivity index (χ1v) is 9.78. The second kappa shape index (κ2) is 9.77. The van der Waals surface area contributed by atoms with E-state index in [-0.39, 0.29) is 16.4 Å². The predicted octanol–water partition coefficient (Wildman–Crippen LogP) is 3.91. The molecule has 1 N–H and O–H groups in total. The van der Waals surface area contributed by atoms with Gasteiger partial charge in [-0.1, -0.05) is 12.1 Å². The van der Waals surface area contributed by atoms with Crippen molar-refractivity contribution in [3.8, 4) is 23.1 Å². The number of hydrogen-bond donors (Lipinski definition) is 1. The largest absolute Gasteiger partial charge is 0.481 e. The van der Waals surface area contributed by atoms with Crippen LogP contribution in [0, 0.1) is 23.0 Å². The molecule has 0 aliphatic carbocycles. The van der Waals surface area contributed by atoms with E-state index in [2.05, 4.69) is 10.3 Å². The van der Waals surface area contributed by atoms with Gasteiger partial charge in [-0.3, -0.25) is 10.1 Å². The Morgan fingerprint density at radius 1 is 1.23 bits per heavy atom. The van der Waals surface area contributed by atoms with Gasteiger partial charge in [0, 0.05) is 10.9 Å². The minimum absolute atomic E-state index is 0.201. The molecule has 0 aliphatic heterocycles. The zero-order valence-electron chi connectivity index (χ0n) is 16.1. The van der Waals surface area contributed by atoms with Crippen LogP contribution in [-0.4, -0.2) is 29.6 Å². The Balaban J connectivity index is 1.53. The van der Waals surface area contributed by atoms with Gasteiger partial charge in [-0.25, -0.2) is 18.6 Å². The van der Waals surface area contributed by atoms with Crippen molar-refractivity contribution in [1.29, 1.82) is 5.26 Å². The van der Waals surface area contributed by atoms with Crippen LogP contribution in [0.2, 0.25) is 0 Å². The Morgan fingerprint density at radius 3 is 2.74 bits per heavy atom. The molecule has 2 aromatic carbocycles. The number of benzene rings is 2. The van der Waals surface area contributed by atoms with E-state index in [4.69, 9.17) is 14.7 Å². The van der Waals surface area contributed by atoms with Gasteiger partial charge < -0.3 is 9.47 Å². The number of esters is 1. The lowest BCUT2D eigenvalue weighted by atomic mass is 10.2. The minimum Gasteiger partial charge on any atom is -0.481 e. The zero-order chi connectivity index (χ0) is 22.4. The number of aromatic nitrogens is 1. The number of halogens is 2. The van der Waals surface area contributed by atoms with Crippen molar-refractivity contribution in [1.82, 2.24) is 4.98 Å². The fraction of sp³-hybridized carbons (Fsp3) is 0.143. The highest BCUT2D eigenvalue weighted by Crippen LogP contribution is 2.26. The van der Waals surface area contributed by atoms with Crippen molar-refractivity contribution in [3.05, 3.63) is 65.0 Å². The molecule has 1 heterocycles. The summed E-state index contributed by atoms with van der Waals surface area (Å²) in [5.41, 5.74) is 0.972. The maximum absolute atomic E-state index is 13.4. The Bertz CT molecular complexity index is 1160. The van der Waals surface area contributed by atoms with E-state index in [0.717, 1.165) is 23.5 Å². The SMILES string of the molecule is C[C@H](OC(=O)COc1ccccc1C#N)C(=O)Nc1nc(-c2ccc(F)c(F)c2)cs1. The molecule has 3 rings (SSSR count). The van der Waals surface area contributed by atoms with Crippen LogP contribution >= 0.6 is 11.3 Å². The standard InChI is InChI=1S/C21H15F2N3O4S/c1-12(30-19(27)10-29-18-5-3-2-4-14(18)9-24)20(28)26-21-25-17(11-31-21)13-6-7-15(22)16(23)8-13/h2-8,11-12H,10H2,1H3,(H,25,26,28)/t12-/m0/s1. The predicted molar refractivity (Wildman–Crippen MR) is 108 cm³/mol. The lowest BCUT2D eigenvalue weighted by molar-refractivity contribution is -0.155. The fourth-order valence-electron chi connectivity index (χ4n) is 2.43. The van der Waals surface area contributed by atoms with Crippen LogP contribution in [0.4, 0.5) is 13.9 Å². The number of thiazole rings is 1. The molecule has 1 atom stereocenters. The summed E-state index contributed by atoms with van der Waals surface area (Å²) < 4.78 is 36.7. The van der Waals surface area contributed by atoms with Crippen LogP contribution in [0.25, 0.3) is 11.3 Å². The summed E-state index contributed by atoms with van der Waals surface area (Å²) in [4.78, 5) is 28.3. The third-order valence-electron chi connectivity index (χ3n) is 3.98. The number of nitriles is 1. The number of carbonyl (C=O) groups is 2. The second-order valence-electron chi connectivity index (χ2n) is 6.18. The van der Waals surface area contributed by atoms with E-state index in [1.807, 2.05) is 6.07 Å². The highest BCUT2D eigenvalue weighted by atomic mass is 32.1. The molecule has 3 aromatic rings. The van der Waals surface area contributed by atoms with Crippen LogP contribution in [0.1, 0.15) is 12.5 Å². The third-order valence-corrected chi connectivity index (χ3v) is 4.74. The van der Waals surface area contributed by atoms with Gasteiger partial charge in [0.1, 0.15) is 11.8 Å². The highest BCUT2D eigenvalue weighted by molar-refractivity contribution is 7.14. The molecular weight excluding hydrogens is 428 g/mol. The van der Waals surface area contributed by atoms with Crippen molar-refractivity contribution in [2.24, 2.45) is 0 Å². The van der Waals surface area contributed by atoms with Crippen molar-refractivity contribution in [2.45, 2.75) is 13.0 Å². The Labute approximate surface area is 179 Å². The Hall–Kier alpha value is -3.84. The quantitative estimate of drug-likeness (QED) is 0.556. The summed E-state index contributed by atoms with van der Waals surface area (Å²) >= 11 is 1.08. The van der Waals surface area contributed by atoms with Gasteiger partial charge in [0.05, 0.1) is 11.3 Å². The van der Waals surface area contributed by atoms with E-state index in [1.54, 1.807) is 23.6 Å². The average Bonchev–Trinajstić information content (AvgIpc) is 3.22. The van der Waals surface area contributed by atoms with Crippen LogP contribution in [0.5, 0.6) is 5.75 Å². The van der Waals surface area contributed by atoms with Crippen molar-refractivity contribution in [2.75, 3.05) is 11.9 Å². The molecule has 0 unspecified atom stereocenters. The lowest BCUT2D eigenvalue weighted by Gasteiger charge is -2.13. The molecule has 158 valence electrons. The van der Waals surface area contributed by atoms with Gasteiger partial charge in [0.25, 0.3) is 5.91 Å². The van der Waals surface area contributed by atoms with Crippen molar-refractivity contribution >= 4 is 28.3 Å². The third kappa shape index (κ3) is 5.61. The van der Waals surface area contributed by atoms with Crippen LogP contribution < -0.4 is 10.1 Å². The summed E-state index contributed by atoms with van der Waals surface area (Å²) in [6.07, 6.45) is -1.14. The number of nitrogens with zero attached hydrogens (tertiary/aromatic N) is 2. The molecule has 7 nitrogen and oxygen atoms in total. The summed E-state index contributed by atoms with van der Waals surface area (Å²) in [7, 11) is 0. The number of rotatable bonds is 7. The molecule has 31 heavy (non-hydrogen) atoms. The molecule has 0 bridgehead atoms. The Morgan fingerprint density at radius 2 is 2.00 bits per heavy atom. The van der Waals surface area contributed by atoms with E-state index in [0.29, 0.717) is 11.3 Å².